The molecule has 1 fully saturated rings. The van der Waals surface area contributed by atoms with E-state index < -0.39 is 6.04 Å². The van der Waals surface area contributed by atoms with E-state index in [2.05, 4.69) is 0 Å². The molecule has 2 aromatic carbocycles. The molecule has 6 nitrogen and oxygen atoms in total. The van der Waals surface area contributed by atoms with Crippen LogP contribution >= 0.6 is 11.6 Å². The number of amides is 1. The van der Waals surface area contributed by atoms with Crippen molar-refractivity contribution in [1.29, 1.82) is 0 Å². The van der Waals surface area contributed by atoms with Crippen LogP contribution in [-0.4, -0.2) is 46.3 Å². The third-order valence-electron chi connectivity index (χ3n) is 6.80. The number of halogens is 1. The minimum Gasteiger partial charge on any atom is -0.483 e. The molecule has 0 spiro atoms. The molecule has 172 valence electrons. The SMILES string of the molecule is CC1CC2OC3=C(C(=O)C2CC1Cl)C(c1cccc(Oc2ccccc2)c1)N(CCO)C3=O. The summed E-state index contributed by atoms with van der Waals surface area (Å²) in [6.07, 6.45) is 0.827. The fourth-order valence-electron chi connectivity index (χ4n) is 5.12. The van der Waals surface area contributed by atoms with Gasteiger partial charge in [-0.2, -0.15) is 0 Å². The summed E-state index contributed by atoms with van der Waals surface area (Å²) in [6, 6.07) is 16.1. The van der Waals surface area contributed by atoms with E-state index in [9.17, 15) is 14.7 Å². The summed E-state index contributed by atoms with van der Waals surface area (Å²) in [6.45, 7) is 1.92. The number of aliphatic hydroxyl groups excluding tert-OH is 1. The van der Waals surface area contributed by atoms with Crippen LogP contribution < -0.4 is 4.74 Å². The van der Waals surface area contributed by atoms with Gasteiger partial charge in [0.2, 0.25) is 0 Å². The normalized spacial score (nSPS) is 28.9. The van der Waals surface area contributed by atoms with Crippen LogP contribution in [0.3, 0.4) is 0 Å². The Morgan fingerprint density at radius 1 is 1.09 bits per heavy atom. The number of alkyl halides is 1. The third-order valence-corrected chi connectivity index (χ3v) is 7.41. The van der Waals surface area contributed by atoms with Gasteiger partial charge in [-0.25, -0.2) is 0 Å². The van der Waals surface area contributed by atoms with E-state index in [1.807, 2.05) is 61.5 Å². The Hall–Kier alpha value is -2.83. The van der Waals surface area contributed by atoms with E-state index >= 15 is 0 Å². The van der Waals surface area contributed by atoms with Crippen LogP contribution in [0.15, 0.2) is 65.9 Å². The standard InChI is InChI=1S/C26H26ClNO5/c1-15-12-21-19(14-20(15)27)24(30)22-23(28(10-11-29)26(31)25(22)33-21)16-6-5-9-18(13-16)32-17-7-3-2-4-8-17/h2-9,13,15,19-21,23,29H,10-12,14H2,1H3. The largest absolute Gasteiger partial charge is 0.483 e. The summed E-state index contributed by atoms with van der Waals surface area (Å²) in [7, 11) is 0. The Morgan fingerprint density at radius 3 is 2.61 bits per heavy atom. The van der Waals surface area contributed by atoms with Crippen molar-refractivity contribution in [3.8, 4) is 11.5 Å². The number of carbonyl (C=O) groups excluding carboxylic acids is 2. The molecule has 0 saturated heterocycles. The molecule has 2 aliphatic heterocycles. The first kappa shape index (κ1) is 22.0. The number of carbonyl (C=O) groups is 2. The molecule has 2 heterocycles. The number of hydrogen-bond donors (Lipinski definition) is 1. The van der Waals surface area contributed by atoms with Crippen molar-refractivity contribution >= 4 is 23.3 Å². The zero-order valence-electron chi connectivity index (χ0n) is 18.3. The van der Waals surface area contributed by atoms with Gasteiger partial charge < -0.3 is 19.5 Å². The average Bonchev–Trinajstić information content (AvgIpc) is 3.08. The van der Waals surface area contributed by atoms with E-state index in [1.54, 1.807) is 0 Å². The fraction of sp³-hybridized carbons (Fsp3) is 0.385. The van der Waals surface area contributed by atoms with Gasteiger partial charge in [0.25, 0.3) is 5.91 Å². The Balaban J connectivity index is 1.52. The zero-order valence-corrected chi connectivity index (χ0v) is 19.1. The van der Waals surface area contributed by atoms with Crippen LogP contribution in [0.5, 0.6) is 11.5 Å². The number of aliphatic hydroxyl groups is 1. The van der Waals surface area contributed by atoms with Crippen molar-refractivity contribution < 1.29 is 24.2 Å². The highest BCUT2D eigenvalue weighted by Crippen LogP contribution is 2.48. The fourth-order valence-corrected chi connectivity index (χ4v) is 5.42. The van der Waals surface area contributed by atoms with Crippen molar-refractivity contribution in [3.63, 3.8) is 0 Å². The Bertz CT molecular complexity index is 1100. The van der Waals surface area contributed by atoms with Crippen LogP contribution in [0.2, 0.25) is 0 Å². The molecule has 1 amide bonds. The molecule has 3 aliphatic rings. The topological polar surface area (TPSA) is 76.1 Å². The van der Waals surface area contributed by atoms with Crippen LogP contribution in [-0.2, 0) is 14.3 Å². The number of Topliss-reactive ketones (excluding diaryl/α,β-unsaturated/α-hetero) is 1. The minimum absolute atomic E-state index is 0.0769. The molecule has 1 saturated carbocycles. The van der Waals surface area contributed by atoms with E-state index in [-0.39, 0.29) is 53.9 Å². The number of fused-ring (bicyclic) bond motifs is 1. The van der Waals surface area contributed by atoms with Crippen LogP contribution in [0.25, 0.3) is 0 Å². The number of β-amino-alcohol motifs (C(OH)–C–C–N with tert-alkyl or cyclic N) is 1. The zero-order chi connectivity index (χ0) is 23.1. The molecule has 0 radical (unpaired) electrons. The molecule has 33 heavy (non-hydrogen) atoms. The van der Waals surface area contributed by atoms with E-state index in [1.165, 1.54) is 4.90 Å². The lowest BCUT2D eigenvalue weighted by Crippen LogP contribution is -2.44. The van der Waals surface area contributed by atoms with Gasteiger partial charge in [0.15, 0.2) is 11.5 Å². The molecule has 2 aromatic rings. The number of benzene rings is 2. The average molecular weight is 468 g/mol. The highest BCUT2D eigenvalue weighted by molar-refractivity contribution is 6.21. The van der Waals surface area contributed by atoms with E-state index in [0.29, 0.717) is 29.9 Å². The van der Waals surface area contributed by atoms with Crippen LogP contribution in [0.4, 0.5) is 0 Å². The van der Waals surface area contributed by atoms with Gasteiger partial charge in [-0.1, -0.05) is 37.3 Å². The van der Waals surface area contributed by atoms with Gasteiger partial charge in [-0.3, -0.25) is 9.59 Å². The predicted molar refractivity (Wildman–Crippen MR) is 123 cm³/mol. The molecule has 5 atom stereocenters. The van der Waals surface area contributed by atoms with Gasteiger partial charge in [-0.05, 0) is 48.6 Å². The summed E-state index contributed by atoms with van der Waals surface area (Å²) in [5, 5.41) is 9.55. The lowest BCUT2D eigenvalue weighted by atomic mass is 9.74. The molecule has 1 aliphatic carbocycles. The number of para-hydroxylation sites is 1. The van der Waals surface area contributed by atoms with Gasteiger partial charge in [0.05, 0.1) is 24.1 Å². The maximum absolute atomic E-state index is 13.7. The number of nitrogens with zero attached hydrogens (tertiary/aromatic N) is 1. The lowest BCUT2D eigenvalue weighted by molar-refractivity contribution is -0.136. The first-order valence-corrected chi connectivity index (χ1v) is 11.8. The first-order valence-electron chi connectivity index (χ1n) is 11.3. The van der Waals surface area contributed by atoms with Crippen molar-refractivity contribution in [3.05, 3.63) is 71.5 Å². The van der Waals surface area contributed by atoms with Gasteiger partial charge in [0, 0.05) is 11.9 Å². The Morgan fingerprint density at radius 2 is 1.85 bits per heavy atom. The smallest absolute Gasteiger partial charge is 0.290 e. The second kappa shape index (κ2) is 8.84. The lowest BCUT2D eigenvalue weighted by Gasteiger charge is -2.40. The molecule has 5 unspecified atom stereocenters. The highest BCUT2D eigenvalue weighted by atomic mass is 35.5. The summed E-state index contributed by atoms with van der Waals surface area (Å²) in [5.41, 5.74) is 1.10. The van der Waals surface area contributed by atoms with Crippen molar-refractivity contribution in [1.82, 2.24) is 4.90 Å². The molecule has 7 heteroatoms. The highest BCUT2D eigenvalue weighted by Gasteiger charge is 2.53. The number of ketones is 1. The summed E-state index contributed by atoms with van der Waals surface area (Å²) < 4.78 is 12.1. The van der Waals surface area contributed by atoms with Crippen molar-refractivity contribution in [2.45, 2.75) is 37.3 Å². The summed E-state index contributed by atoms with van der Waals surface area (Å²) in [5.74, 6) is 0.811. The third kappa shape index (κ3) is 3.91. The minimum atomic E-state index is -0.638. The van der Waals surface area contributed by atoms with Gasteiger partial charge in [-0.15, -0.1) is 11.6 Å². The Labute approximate surface area is 197 Å². The van der Waals surface area contributed by atoms with Gasteiger partial charge >= 0.3 is 0 Å². The quantitative estimate of drug-likeness (QED) is 0.666. The molecule has 0 aromatic heterocycles. The summed E-state index contributed by atoms with van der Waals surface area (Å²) in [4.78, 5) is 28.5. The Kier molecular flexibility index (Phi) is 5.89. The van der Waals surface area contributed by atoms with E-state index in [0.717, 1.165) is 5.56 Å². The number of hydrogen-bond acceptors (Lipinski definition) is 5. The molecular weight excluding hydrogens is 442 g/mol. The molecule has 5 rings (SSSR count). The van der Waals surface area contributed by atoms with Crippen molar-refractivity contribution in [2.75, 3.05) is 13.2 Å². The van der Waals surface area contributed by atoms with Gasteiger partial charge in [0.1, 0.15) is 17.6 Å². The van der Waals surface area contributed by atoms with Crippen molar-refractivity contribution in [2.24, 2.45) is 11.8 Å². The summed E-state index contributed by atoms with van der Waals surface area (Å²) >= 11 is 6.50. The van der Waals surface area contributed by atoms with Crippen LogP contribution in [0, 0.1) is 11.8 Å². The monoisotopic (exact) mass is 467 g/mol. The second-order valence-electron chi connectivity index (χ2n) is 8.95. The molecular formula is C26H26ClNO5. The number of rotatable bonds is 5. The van der Waals surface area contributed by atoms with Crippen LogP contribution in [0.1, 0.15) is 31.4 Å². The predicted octanol–water partition coefficient (Wildman–Crippen LogP) is 4.23. The number of ether oxygens (including phenoxy) is 2. The maximum Gasteiger partial charge on any atom is 0.290 e. The molecule has 0 bridgehead atoms. The second-order valence-corrected chi connectivity index (χ2v) is 9.51. The maximum atomic E-state index is 13.7. The van der Waals surface area contributed by atoms with E-state index in [4.69, 9.17) is 21.1 Å². The molecule has 1 N–H and O–H groups in total. The first-order chi connectivity index (χ1) is 16.0.